The molecular weight excluding hydrogens is 256 g/mol. The van der Waals surface area contributed by atoms with E-state index in [4.69, 9.17) is 23.1 Å². The van der Waals surface area contributed by atoms with Gasteiger partial charge in [-0.25, -0.2) is 0 Å². The number of halogens is 1. The topological polar surface area (TPSA) is 52.0 Å². The predicted octanol–water partition coefficient (Wildman–Crippen LogP) is 4.61. The van der Waals surface area contributed by atoms with Gasteiger partial charge in [0.05, 0.1) is 10.7 Å². The Hall–Kier alpha value is -1.93. The van der Waals surface area contributed by atoms with Crippen molar-refractivity contribution in [2.75, 3.05) is 11.5 Å². The number of aryl methyl sites for hydroxylation is 2. The number of hydrogen-bond acceptors (Lipinski definition) is 2. The Morgan fingerprint density at radius 1 is 0.842 bits per heavy atom. The molecule has 4 N–H and O–H groups in total. The van der Waals surface area contributed by atoms with Gasteiger partial charge < -0.3 is 11.5 Å². The third-order valence-electron chi connectivity index (χ3n) is 2.23. The lowest BCUT2D eigenvalue weighted by molar-refractivity contribution is 1.47. The van der Waals surface area contributed by atoms with Gasteiger partial charge in [-0.2, -0.15) is 0 Å². The summed E-state index contributed by atoms with van der Waals surface area (Å²) in [6.07, 6.45) is 0. The average Bonchev–Trinajstić information content (AvgIpc) is 2.41. The van der Waals surface area contributed by atoms with Gasteiger partial charge in [0.15, 0.2) is 0 Å². The number of hydrogen-bond donors (Lipinski definition) is 2. The highest BCUT2D eigenvalue weighted by Gasteiger charge is 1.92. The Morgan fingerprint density at radius 3 is 1.68 bits per heavy atom. The summed E-state index contributed by atoms with van der Waals surface area (Å²) in [6, 6.07) is 13.4. The Morgan fingerprint density at radius 2 is 1.32 bits per heavy atom. The second-order valence-electron chi connectivity index (χ2n) is 3.94. The molecule has 0 radical (unpaired) electrons. The van der Waals surface area contributed by atoms with Crippen molar-refractivity contribution in [3.63, 3.8) is 0 Å². The Balaban J connectivity index is 0.000000303. The van der Waals surface area contributed by atoms with Crippen LogP contribution in [0.4, 0.5) is 11.4 Å². The third kappa shape index (κ3) is 7.17. The van der Waals surface area contributed by atoms with Crippen LogP contribution in [0.2, 0.25) is 5.02 Å². The van der Waals surface area contributed by atoms with Crippen LogP contribution in [0.25, 0.3) is 0 Å². The molecule has 3 heteroatoms. The first-order valence-corrected chi connectivity index (χ1v) is 6.20. The van der Waals surface area contributed by atoms with E-state index in [0.29, 0.717) is 10.7 Å². The van der Waals surface area contributed by atoms with Gasteiger partial charge in [-0.15, -0.1) is 13.2 Å². The molecule has 0 aromatic heterocycles. The molecule has 2 aromatic carbocycles. The summed E-state index contributed by atoms with van der Waals surface area (Å²) in [5.41, 5.74) is 14.8. The molecule has 0 saturated heterocycles. The lowest BCUT2D eigenvalue weighted by Gasteiger charge is -1.96. The Kier molecular flexibility index (Phi) is 8.14. The van der Waals surface area contributed by atoms with Gasteiger partial charge in [0.1, 0.15) is 0 Å². The lowest BCUT2D eigenvalue weighted by atomic mass is 10.2. The highest BCUT2D eigenvalue weighted by Crippen LogP contribution is 2.18. The summed E-state index contributed by atoms with van der Waals surface area (Å²) in [5, 5.41) is 0.626. The molecule has 2 nitrogen and oxygen atoms in total. The number of anilines is 2. The van der Waals surface area contributed by atoms with E-state index < -0.39 is 0 Å². The molecule has 102 valence electrons. The standard InChI is InChI=1S/C7H8ClN.C7H9N.C2H4/c1-5-2-3-6(8)7(9)4-5;1-6-2-4-7(8)5-3-6;1-2/h2-4H,9H2,1H3;2-5H,8H2,1H3;1-2H2. The van der Waals surface area contributed by atoms with Gasteiger partial charge in [-0.05, 0) is 43.7 Å². The van der Waals surface area contributed by atoms with Gasteiger partial charge in [-0.1, -0.05) is 35.4 Å². The summed E-state index contributed by atoms with van der Waals surface area (Å²) in [4.78, 5) is 0. The fourth-order valence-electron chi connectivity index (χ4n) is 1.23. The third-order valence-corrected chi connectivity index (χ3v) is 2.57. The molecule has 0 aliphatic heterocycles. The highest BCUT2D eigenvalue weighted by molar-refractivity contribution is 6.33. The fourth-order valence-corrected chi connectivity index (χ4v) is 1.35. The van der Waals surface area contributed by atoms with Crippen LogP contribution in [0.1, 0.15) is 11.1 Å². The number of benzene rings is 2. The van der Waals surface area contributed by atoms with E-state index in [1.165, 1.54) is 5.56 Å². The minimum atomic E-state index is 0.626. The van der Waals surface area contributed by atoms with Crippen LogP contribution >= 0.6 is 11.6 Å². The first-order valence-electron chi connectivity index (χ1n) is 5.83. The molecule has 0 aliphatic rings. The smallest absolute Gasteiger partial charge is 0.0635 e. The molecule has 0 saturated carbocycles. The van der Waals surface area contributed by atoms with E-state index in [2.05, 4.69) is 13.2 Å². The molecule has 0 bridgehead atoms. The molecular formula is C16H21ClN2. The maximum absolute atomic E-state index is 5.66. The van der Waals surface area contributed by atoms with Crippen LogP contribution in [0.5, 0.6) is 0 Å². The minimum absolute atomic E-state index is 0.626. The average molecular weight is 277 g/mol. The molecule has 2 rings (SSSR count). The normalized spacial score (nSPS) is 8.58. The summed E-state index contributed by atoms with van der Waals surface area (Å²) in [7, 11) is 0. The van der Waals surface area contributed by atoms with Crippen molar-refractivity contribution in [3.05, 3.63) is 71.8 Å². The maximum atomic E-state index is 5.66. The zero-order chi connectivity index (χ0) is 14.8. The zero-order valence-electron chi connectivity index (χ0n) is 11.5. The van der Waals surface area contributed by atoms with Crippen molar-refractivity contribution in [2.24, 2.45) is 0 Å². The van der Waals surface area contributed by atoms with Gasteiger partial charge >= 0.3 is 0 Å². The van der Waals surface area contributed by atoms with Crippen LogP contribution in [0.3, 0.4) is 0 Å². The maximum Gasteiger partial charge on any atom is 0.0635 e. The van der Waals surface area contributed by atoms with E-state index in [9.17, 15) is 0 Å². The van der Waals surface area contributed by atoms with Crippen LogP contribution in [-0.4, -0.2) is 0 Å². The first-order chi connectivity index (χ1) is 8.99. The Bertz CT molecular complexity index is 472. The molecule has 0 amide bonds. The van der Waals surface area contributed by atoms with Crippen LogP contribution in [0.15, 0.2) is 55.6 Å². The largest absolute Gasteiger partial charge is 0.399 e. The molecule has 2 aromatic rings. The van der Waals surface area contributed by atoms with Gasteiger partial charge in [0.25, 0.3) is 0 Å². The van der Waals surface area contributed by atoms with Crippen molar-refractivity contribution < 1.29 is 0 Å². The van der Waals surface area contributed by atoms with Crippen molar-refractivity contribution in [2.45, 2.75) is 13.8 Å². The number of nitrogens with two attached hydrogens (primary N) is 2. The van der Waals surface area contributed by atoms with E-state index in [1.807, 2.05) is 50.2 Å². The predicted molar refractivity (Wildman–Crippen MR) is 87.4 cm³/mol. The fraction of sp³-hybridized carbons (Fsp3) is 0.125. The van der Waals surface area contributed by atoms with E-state index in [1.54, 1.807) is 6.07 Å². The first kappa shape index (κ1) is 17.1. The molecule has 19 heavy (non-hydrogen) atoms. The minimum Gasteiger partial charge on any atom is -0.399 e. The second-order valence-corrected chi connectivity index (χ2v) is 4.34. The second kappa shape index (κ2) is 9.06. The summed E-state index contributed by atoms with van der Waals surface area (Å²) >= 11 is 5.66. The van der Waals surface area contributed by atoms with Crippen LogP contribution < -0.4 is 11.5 Å². The van der Waals surface area contributed by atoms with Gasteiger partial charge in [-0.3, -0.25) is 0 Å². The molecule has 0 heterocycles. The lowest BCUT2D eigenvalue weighted by Crippen LogP contribution is -1.85. The monoisotopic (exact) mass is 276 g/mol. The van der Waals surface area contributed by atoms with E-state index >= 15 is 0 Å². The SMILES string of the molecule is C=C.Cc1ccc(Cl)c(N)c1.Cc1ccc(N)cc1. The van der Waals surface area contributed by atoms with Crippen molar-refractivity contribution in [3.8, 4) is 0 Å². The number of nitrogen functional groups attached to an aromatic ring is 2. The molecule has 0 atom stereocenters. The summed E-state index contributed by atoms with van der Waals surface area (Å²) < 4.78 is 0. The van der Waals surface area contributed by atoms with Crippen LogP contribution in [0, 0.1) is 13.8 Å². The quantitative estimate of drug-likeness (QED) is 0.545. The molecule has 0 spiro atoms. The zero-order valence-corrected chi connectivity index (χ0v) is 12.2. The van der Waals surface area contributed by atoms with Gasteiger partial charge in [0.2, 0.25) is 0 Å². The van der Waals surface area contributed by atoms with E-state index in [-0.39, 0.29) is 0 Å². The van der Waals surface area contributed by atoms with E-state index in [0.717, 1.165) is 11.3 Å². The highest BCUT2D eigenvalue weighted by atomic mass is 35.5. The Labute approximate surface area is 120 Å². The molecule has 0 unspecified atom stereocenters. The van der Waals surface area contributed by atoms with Crippen molar-refractivity contribution in [1.82, 2.24) is 0 Å². The molecule has 0 fully saturated rings. The van der Waals surface area contributed by atoms with Crippen LogP contribution in [-0.2, 0) is 0 Å². The summed E-state index contributed by atoms with van der Waals surface area (Å²) in [6.45, 7) is 10.0. The summed E-state index contributed by atoms with van der Waals surface area (Å²) in [5.74, 6) is 0. The number of rotatable bonds is 0. The van der Waals surface area contributed by atoms with Crippen molar-refractivity contribution >= 4 is 23.0 Å². The van der Waals surface area contributed by atoms with Gasteiger partial charge in [0, 0.05) is 5.69 Å². The van der Waals surface area contributed by atoms with Crippen molar-refractivity contribution in [1.29, 1.82) is 0 Å². The molecule has 0 aliphatic carbocycles.